The van der Waals surface area contributed by atoms with Crippen LogP contribution >= 0.6 is 0 Å². The molecule has 0 saturated carbocycles. The quantitative estimate of drug-likeness (QED) is 0.340. The van der Waals surface area contributed by atoms with E-state index in [2.05, 4.69) is 10.6 Å². The molecule has 0 spiro atoms. The normalized spacial score (nSPS) is 12.4. The van der Waals surface area contributed by atoms with Crippen LogP contribution in [0.2, 0.25) is 0 Å². The van der Waals surface area contributed by atoms with Gasteiger partial charge in [0.25, 0.3) is 10.1 Å². The Balaban J connectivity index is 4.34. The monoisotopic (exact) mass is 387 g/mol. The van der Waals surface area contributed by atoms with E-state index in [-0.39, 0.29) is 38.0 Å². The highest BCUT2D eigenvalue weighted by molar-refractivity contribution is 7.90. The van der Waals surface area contributed by atoms with Crippen molar-refractivity contribution in [1.29, 1.82) is 0 Å². The third kappa shape index (κ3) is 13.2. The van der Waals surface area contributed by atoms with Gasteiger partial charge in [0.15, 0.2) is 0 Å². The van der Waals surface area contributed by atoms with Crippen LogP contribution in [0.1, 0.15) is 13.8 Å². The number of hydrogen-bond acceptors (Lipinski definition) is 7. The van der Waals surface area contributed by atoms with Crippen molar-refractivity contribution in [3.05, 3.63) is 0 Å². The minimum absolute atomic E-state index is 0.00976. The molecule has 3 N–H and O–H groups in total. The Kier molecular flexibility index (Phi) is 9.40. The van der Waals surface area contributed by atoms with E-state index < -0.39 is 37.5 Å². The van der Waals surface area contributed by atoms with Crippen LogP contribution in [-0.4, -0.2) is 88.1 Å². The number of rotatable bonds is 11. The molecule has 10 nitrogen and oxygen atoms in total. The van der Waals surface area contributed by atoms with E-state index in [0.29, 0.717) is 0 Å². The number of hydrogen-bond donors (Lipinski definition) is 3. The van der Waals surface area contributed by atoms with Gasteiger partial charge in [-0.25, -0.2) is 8.42 Å². The highest BCUT2D eigenvalue weighted by Gasteiger charge is 2.18. The number of sulfone groups is 1. The van der Waals surface area contributed by atoms with Crippen LogP contribution in [0.3, 0.4) is 0 Å². The lowest BCUT2D eigenvalue weighted by Crippen LogP contribution is -2.46. The van der Waals surface area contributed by atoms with Crippen molar-refractivity contribution in [1.82, 2.24) is 15.5 Å². The van der Waals surface area contributed by atoms with Crippen molar-refractivity contribution < 1.29 is 31.0 Å². The zero-order valence-electron chi connectivity index (χ0n) is 14.0. The first kappa shape index (κ1) is 22.8. The molecule has 2 amide bonds. The first-order valence-electron chi connectivity index (χ1n) is 7.20. The molecule has 0 aliphatic carbocycles. The Hall–Kier alpha value is -1.24. The van der Waals surface area contributed by atoms with Crippen molar-refractivity contribution in [3.63, 3.8) is 0 Å². The molecular formula is C12H25N3O7S2. The Morgan fingerprint density at radius 3 is 1.71 bits per heavy atom. The molecule has 142 valence electrons. The minimum atomic E-state index is -4.15. The first-order chi connectivity index (χ1) is 10.8. The molecular weight excluding hydrogens is 362 g/mol. The van der Waals surface area contributed by atoms with Crippen LogP contribution in [0.25, 0.3) is 0 Å². The number of nitrogens with zero attached hydrogens (tertiary/aromatic N) is 1. The van der Waals surface area contributed by atoms with Crippen molar-refractivity contribution in [2.75, 3.05) is 43.9 Å². The van der Waals surface area contributed by atoms with Crippen LogP contribution in [0.4, 0.5) is 0 Å². The number of carbonyl (C=O) groups excluding carboxylic acids is 2. The maximum Gasteiger partial charge on any atom is 0.266 e. The van der Waals surface area contributed by atoms with Crippen molar-refractivity contribution >= 4 is 31.8 Å². The zero-order valence-corrected chi connectivity index (χ0v) is 15.6. The summed E-state index contributed by atoms with van der Waals surface area (Å²) >= 11 is 0. The third-order valence-electron chi connectivity index (χ3n) is 2.90. The van der Waals surface area contributed by atoms with Gasteiger partial charge in [0.2, 0.25) is 11.8 Å². The van der Waals surface area contributed by atoms with Gasteiger partial charge >= 0.3 is 0 Å². The average Bonchev–Trinajstić information content (AvgIpc) is 2.34. The fourth-order valence-corrected chi connectivity index (χ4v) is 2.43. The topological polar surface area (TPSA) is 150 Å². The van der Waals surface area contributed by atoms with Crippen LogP contribution in [0.15, 0.2) is 0 Å². The van der Waals surface area contributed by atoms with Gasteiger partial charge in [-0.2, -0.15) is 8.42 Å². The number of nitrogens with one attached hydrogen (secondary N) is 2. The van der Waals surface area contributed by atoms with E-state index in [1.807, 2.05) is 0 Å². The van der Waals surface area contributed by atoms with Crippen molar-refractivity contribution in [3.8, 4) is 0 Å². The molecule has 0 atom stereocenters. The van der Waals surface area contributed by atoms with Gasteiger partial charge in [-0.1, -0.05) is 0 Å². The zero-order chi connectivity index (χ0) is 19.0. The lowest BCUT2D eigenvalue weighted by atomic mass is 10.3. The molecule has 0 heterocycles. The van der Waals surface area contributed by atoms with Gasteiger partial charge in [0.1, 0.15) is 9.84 Å². The molecule has 0 aromatic rings. The van der Waals surface area contributed by atoms with Crippen LogP contribution in [-0.2, 0) is 29.5 Å². The lowest BCUT2D eigenvalue weighted by Gasteiger charge is -2.25. The summed E-state index contributed by atoms with van der Waals surface area (Å²) in [5.41, 5.74) is 0. The van der Waals surface area contributed by atoms with Gasteiger partial charge in [-0.3, -0.25) is 19.0 Å². The summed E-state index contributed by atoms with van der Waals surface area (Å²) < 4.78 is 51.7. The van der Waals surface area contributed by atoms with E-state index in [0.717, 1.165) is 6.26 Å². The molecule has 0 rings (SSSR count). The van der Waals surface area contributed by atoms with Crippen molar-refractivity contribution in [2.24, 2.45) is 0 Å². The van der Waals surface area contributed by atoms with Gasteiger partial charge in [-0.15, -0.1) is 0 Å². The van der Waals surface area contributed by atoms with Crippen LogP contribution in [0, 0.1) is 0 Å². The summed E-state index contributed by atoms with van der Waals surface area (Å²) in [6.07, 6.45) is 1.07. The maximum absolute atomic E-state index is 11.8. The minimum Gasteiger partial charge on any atom is -0.354 e. The van der Waals surface area contributed by atoms with E-state index in [9.17, 15) is 26.4 Å². The summed E-state index contributed by atoms with van der Waals surface area (Å²) in [5, 5.41) is 4.79. The summed E-state index contributed by atoms with van der Waals surface area (Å²) in [5.74, 6) is -1.67. The first-order valence-corrected chi connectivity index (χ1v) is 10.9. The molecule has 12 heteroatoms. The molecule has 0 radical (unpaired) electrons. The third-order valence-corrected chi connectivity index (χ3v) is 4.57. The molecule has 0 saturated heterocycles. The second-order valence-electron chi connectivity index (χ2n) is 5.61. The molecule has 0 aliphatic rings. The SMILES string of the molecule is CC(C)N(CC(=O)NCCS(C)(=O)=O)CC(=O)NCCS(=O)(=O)O. The standard InChI is InChI=1S/C12H25N3O7S2/c1-10(2)15(8-11(16)13-4-6-23(3,18)19)9-12(17)14-5-7-24(20,21)22/h10H,4-9H2,1-3H3,(H,13,16)(H,14,17)(H,20,21,22). The molecule has 0 fully saturated rings. The van der Waals surface area contributed by atoms with Gasteiger partial charge in [-0.05, 0) is 13.8 Å². The predicted molar refractivity (Wildman–Crippen MR) is 88.9 cm³/mol. The Morgan fingerprint density at radius 1 is 0.958 bits per heavy atom. The number of amides is 2. The largest absolute Gasteiger partial charge is 0.354 e. The van der Waals surface area contributed by atoms with E-state index in [4.69, 9.17) is 4.55 Å². The smallest absolute Gasteiger partial charge is 0.266 e. The van der Waals surface area contributed by atoms with Gasteiger partial charge < -0.3 is 10.6 Å². The molecule has 0 unspecified atom stereocenters. The summed E-state index contributed by atoms with van der Waals surface area (Å²) in [6, 6.07) is -0.141. The Bertz CT molecular complexity index is 577. The number of carbonyl (C=O) groups is 2. The van der Waals surface area contributed by atoms with E-state index in [1.165, 1.54) is 0 Å². The fourth-order valence-electron chi connectivity index (χ4n) is 1.60. The molecule has 0 aliphatic heterocycles. The van der Waals surface area contributed by atoms with Gasteiger partial charge in [0.05, 0.1) is 24.6 Å². The second kappa shape index (κ2) is 9.91. The molecule has 0 aromatic heterocycles. The summed E-state index contributed by atoms with van der Waals surface area (Å²) in [7, 11) is -7.32. The fraction of sp³-hybridized carbons (Fsp3) is 0.833. The van der Waals surface area contributed by atoms with Crippen LogP contribution < -0.4 is 10.6 Å². The maximum atomic E-state index is 11.8. The summed E-state index contributed by atoms with van der Waals surface area (Å²) in [6.45, 7) is 3.06. The second-order valence-corrected chi connectivity index (χ2v) is 9.45. The molecule has 24 heavy (non-hydrogen) atoms. The van der Waals surface area contributed by atoms with Crippen LogP contribution in [0.5, 0.6) is 0 Å². The average molecular weight is 387 g/mol. The highest BCUT2D eigenvalue weighted by Crippen LogP contribution is 1.97. The molecule has 0 aromatic carbocycles. The van der Waals surface area contributed by atoms with Crippen molar-refractivity contribution in [2.45, 2.75) is 19.9 Å². The predicted octanol–water partition coefficient (Wildman–Crippen LogP) is -2.14. The Morgan fingerprint density at radius 2 is 1.38 bits per heavy atom. The molecule has 0 bridgehead atoms. The Labute approximate surface area is 142 Å². The highest BCUT2D eigenvalue weighted by atomic mass is 32.2. The lowest BCUT2D eigenvalue weighted by molar-refractivity contribution is -0.125. The van der Waals surface area contributed by atoms with Gasteiger partial charge in [0, 0.05) is 25.4 Å². The van der Waals surface area contributed by atoms with E-state index >= 15 is 0 Å². The van der Waals surface area contributed by atoms with E-state index in [1.54, 1.807) is 18.7 Å². The summed E-state index contributed by atoms with van der Waals surface area (Å²) in [4.78, 5) is 25.0.